The molecule has 0 saturated heterocycles. The molecule has 2 heterocycles. The van der Waals surface area contributed by atoms with Gasteiger partial charge in [-0.25, -0.2) is 9.97 Å². The number of nitrogens with two attached hydrogens (primary N) is 1. The molecule has 0 aliphatic heterocycles. The van der Waals surface area contributed by atoms with Gasteiger partial charge in [0.15, 0.2) is 5.75 Å². The van der Waals surface area contributed by atoms with Crippen LogP contribution in [0.25, 0.3) is 0 Å². The Morgan fingerprint density at radius 3 is 2.93 bits per heavy atom. The standard InChI is InChI=1S/C8H8BrN5O/c1-14-3-5(2-13-14)15-8-6(9)7(10)11-4-12-8/h2-4H,1H3,(H2,10,11,12). The first kappa shape index (κ1) is 9.91. The quantitative estimate of drug-likeness (QED) is 0.890. The molecule has 0 atom stereocenters. The van der Waals surface area contributed by atoms with Crippen LogP contribution in [-0.4, -0.2) is 19.7 Å². The van der Waals surface area contributed by atoms with Crippen LogP contribution in [0.15, 0.2) is 23.2 Å². The van der Waals surface area contributed by atoms with Crippen molar-refractivity contribution in [3.8, 4) is 11.6 Å². The minimum absolute atomic E-state index is 0.337. The van der Waals surface area contributed by atoms with E-state index in [1.54, 1.807) is 24.1 Å². The molecule has 0 unspecified atom stereocenters. The fourth-order valence-electron chi connectivity index (χ4n) is 1.00. The zero-order chi connectivity index (χ0) is 10.8. The Morgan fingerprint density at radius 2 is 2.27 bits per heavy atom. The third-order valence-electron chi connectivity index (χ3n) is 1.68. The Balaban J connectivity index is 2.28. The van der Waals surface area contributed by atoms with E-state index in [1.165, 1.54) is 6.33 Å². The van der Waals surface area contributed by atoms with Gasteiger partial charge in [0.1, 0.15) is 16.6 Å². The minimum Gasteiger partial charge on any atom is -0.434 e. The summed E-state index contributed by atoms with van der Waals surface area (Å²) in [4.78, 5) is 7.75. The van der Waals surface area contributed by atoms with E-state index in [0.717, 1.165) is 0 Å². The molecule has 2 rings (SSSR count). The van der Waals surface area contributed by atoms with E-state index in [4.69, 9.17) is 10.5 Å². The molecular weight excluding hydrogens is 262 g/mol. The zero-order valence-electron chi connectivity index (χ0n) is 7.88. The van der Waals surface area contributed by atoms with E-state index in [2.05, 4.69) is 31.0 Å². The molecule has 0 aliphatic rings. The average molecular weight is 270 g/mol. The Hall–Kier alpha value is -1.63. The maximum Gasteiger partial charge on any atom is 0.239 e. The number of hydrogen-bond donors (Lipinski definition) is 1. The van der Waals surface area contributed by atoms with Crippen molar-refractivity contribution >= 4 is 21.7 Å². The first-order valence-electron chi connectivity index (χ1n) is 4.09. The molecule has 6 nitrogen and oxygen atoms in total. The highest BCUT2D eigenvalue weighted by Gasteiger charge is 2.08. The SMILES string of the molecule is Cn1cc(Oc2ncnc(N)c2Br)cn1. The van der Waals surface area contributed by atoms with Gasteiger partial charge in [-0.05, 0) is 15.9 Å². The van der Waals surface area contributed by atoms with Crippen molar-refractivity contribution in [1.82, 2.24) is 19.7 Å². The molecule has 15 heavy (non-hydrogen) atoms. The maximum absolute atomic E-state index is 5.58. The van der Waals surface area contributed by atoms with E-state index in [9.17, 15) is 0 Å². The van der Waals surface area contributed by atoms with Crippen LogP contribution in [0.4, 0.5) is 5.82 Å². The number of nitrogen functional groups attached to an aromatic ring is 1. The van der Waals surface area contributed by atoms with Gasteiger partial charge in [-0.1, -0.05) is 0 Å². The molecule has 0 aromatic carbocycles. The van der Waals surface area contributed by atoms with Gasteiger partial charge in [0.25, 0.3) is 0 Å². The number of aryl methyl sites for hydroxylation is 1. The van der Waals surface area contributed by atoms with Crippen LogP contribution >= 0.6 is 15.9 Å². The lowest BCUT2D eigenvalue weighted by molar-refractivity contribution is 0.458. The number of anilines is 1. The molecule has 0 aliphatic carbocycles. The molecular formula is C8H8BrN5O. The summed E-state index contributed by atoms with van der Waals surface area (Å²) in [6, 6.07) is 0. The van der Waals surface area contributed by atoms with Crippen molar-refractivity contribution in [2.75, 3.05) is 5.73 Å². The molecule has 0 fully saturated rings. The molecule has 78 valence electrons. The predicted octanol–water partition coefficient (Wildman–Crippen LogP) is 1.35. The summed E-state index contributed by atoms with van der Waals surface area (Å²) in [5, 5.41) is 3.97. The van der Waals surface area contributed by atoms with Crippen molar-refractivity contribution in [3.05, 3.63) is 23.2 Å². The molecule has 2 aromatic heterocycles. The van der Waals surface area contributed by atoms with Crippen LogP contribution in [-0.2, 0) is 7.05 Å². The number of nitrogens with zero attached hydrogens (tertiary/aromatic N) is 4. The highest BCUT2D eigenvalue weighted by Crippen LogP contribution is 2.29. The third kappa shape index (κ3) is 2.07. The number of rotatable bonds is 2. The fraction of sp³-hybridized carbons (Fsp3) is 0.125. The second kappa shape index (κ2) is 3.85. The van der Waals surface area contributed by atoms with E-state index in [1.807, 2.05) is 0 Å². The van der Waals surface area contributed by atoms with Crippen molar-refractivity contribution < 1.29 is 4.74 Å². The van der Waals surface area contributed by atoms with Crippen molar-refractivity contribution in [2.24, 2.45) is 7.05 Å². The first-order chi connectivity index (χ1) is 7.16. The second-order valence-electron chi connectivity index (χ2n) is 2.83. The fourth-order valence-corrected chi connectivity index (χ4v) is 1.29. The lowest BCUT2D eigenvalue weighted by Crippen LogP contribution is -1.96. The normalized spacial score (nSPS) is 10.3. The largest absolute Gasteiger partial charge is 0.434 e. The molecule has 0 amide bonds. The minimum atomic E-state index is 0.337. The molecule has 2 N–H and O–H groups in total. The molecule has 0 radical (unpaired) electrons. The second-order valence-corrected chi connectivity index (χ2v) is 3.62. The summed E-state index contributed by atoms with van der Waals surface area (Å²) in [5.41, 5.74) is 5.58. The Labute approximate surface area is 94.2 Å². The highest BCUT2D eigenvalue weighted by molar-refractivity contribution is 9.10. The number of hydrogen-bond acceptors (Lipinski definition) is 5. The molecule has 0 spiro atoms. The van der Waals surface area contributed by atoms with Crippen LogP contribution in [0, 0.1) is 0 Å². The predicted molar refractivity (Wildman–Crippen MR) is 57.4 cm³/mol. The van der Waals surface area contributed by atoms with Crippen LogP contribution in [0.2, 0.25) is 0 Å². The molecule has 7 heteroatoms. The first-order valence-corrected chi connectivity index (χ1v) is 4.88. The highest BCUT2D eigenvalue weighted by atomic mass is 79.9. The topological polar surface area (TPSA) is 78.8 Å². The molecule has 0 bridgehead atoms. The van der Waals surface area contributed by atoms with Gasteiger partial charge in [-0.3, -0.25) is 4.68 Å². The van der Waals surface area contributed by atoms with Crippen molar-refractivity contribution in [1.29, 1.82) is 0 Å². The lowest BCUT2D eigenvalue weighted by Gasteiger charge is -2.04. The van der Waals surface area contributed by atoms with Gasteiger partial charge in [0.05, 0.1) is 12.4 Å². The van der Waals surface area contributed by atoms with Gasteiger partial charge < -0.3 is 10.5 Å². The van der Waals surface area contributed by atoms with Crippen LogP contribution in [0.1, 0.15) is 0 Å². The number of halogens is 1. The lowest BCUT2D eigenvalue weighted by atomic mass is 10.5. The van der Waals surface area contributed by atoms with Gasteiger partial charge in [0, 0.05) is 7.05 Å². The van der Waals surface area contributed by atoms with Gasteiger partial charge in [-0.15, -0.1) is 0 Å². The van der Waals surface area contributed by atoms with E-state index in [-0.39, 0.29) is 0 Å². The summed E-state index contributed by atoms with van der Waals surface area (Å²) >= 11 is 3.24. The van der Waals surface area contributed by atoms with E-state index < -0.39 is 0 Å². The zero-order valence-corrected chi connectivity index (χ0v) is 9.47. The average Bonchev–Trinajstić information content (AvgIpc) is 2.59. The van der Waals surface area contributed by atoms with Gasteiger partial charge >= 0.3 is 0 Å². The van der Waals surface area contributed by atoms with Crippen LogP contribution < -0.4 is 10.5 Å². The van der Waals surface area contributed by atoms with E-state index in [0.29, 0.717) is 21.9 Å². The summed E-state index contributed by atoms with van der Waals surface area (Å²) in [7, 11) is 1.80. The number of ether oxygens (including phenoxy) is 1. The molecule has 2 aromatic rings. The maximum atomic E-state index is 5.58. The molecule has 0 saturated carbocycles. The summed E-state index contributed by atoms with van der Waals surface area (Å²) in [6.07, 6.45) is 4.65. The Morgan fingerprint density at radius 1 is 1.47 bits per heavy atom. The van der Waals surface area contributed by atoms with Crippen molar-refractivity contribution in [2.45, 2.75) is 0 Å². The van der Waals surface area contributed by atoms with E-state index >= 15 is 0 Å². The van der Waals surface area contributed by atoms with Gasteiger partial charge in [0.2, 0.25) is 5.88 Å². The van der Waals surface area contributed by atoms with Crippen molar-refractivity contribution in [3.63, 3.8) is 0 Å². The van der Waals surface area contributed by atoms with Crippen LogP contribution in [0.5, 0.6) is 11.6 Å². The smallest absolute Gasteiger partial charge is 0.239 e. The summed E-state index contributed by atoms with van der Waals surface area (Å²) < 4.78 is 7.62. The monoisotopic (exact) mass is 269 g/mol. The number of aromatic nitrogens is 4. The summed E-state index contributed by atoms with van der Waals surface area (Å²) in [6.45, 7) is 0. The Kier molecular flexibility index (Phi) is 2.55. The van der Waals surface area contributed by atoms with Crippen LogP contribution in [0.3, 0.4) is 0 Å². The van der Waals surface area contributed by atoms with Gasteiger partial charge in [-0.2, -0.15) is 5.10 Å². The summed E-state index contributed by atoms with van der Waals surface area (Å²) in [5.74, 6) is 1.30. The Bertz CT molecular complexity index is 484. The third-order valence-corrected chi connectivity index (χ3v) is 2.43.